The highest BCUT2D eigenvalue weighted by Gasteiger charge is 2.23. The minimum atomic E-state index is 0.571. The van der Waals surface area contributed by atoms with Crippen molar-refractivity contribution in [2.45, 2.75) is 26.3 Å². The standard InChI is InChI=1S/C13H18N4/c1-3-16-5-4-11(8-16)17-9-15-12-7-14-10(2)6-13(12)17/h6-7,9,11H,3-5,8H2,1-2H3/t11-/m0/s1. The topological polar surface area (TPSA) is 34.0 Å². The zero-order chi connectivity index (χ0) is 11.8. The van der Waals surface area contributed by atoms with Gasteiger partial charge in [0.05, 0.1) is 18.0 Å². The Morgan fingerprint density at radius 1 is 1.41 bits per heavy atom. The lowest BCUT2D eigenvalue weighted by Crippen LogP contribution is -2.20. The van der Waals surface area contributed by atoms with E-state index in [2.05, 4.69) is 32.4 Å². The van der Waals surface area contributed by atoms with E-state index in [0.29, 0.717) is 6.04 Å². The van der Waals surface area contributed by atoms with Crippen LogP contribution in [0.5, 0.6) is 0 Å². The third kappa shape index (κ3) is 1.82. The molecular weight excluding hydrogens is 212 g/mol. The Labute approximate surface area is 101 Å². The fraction of sp³-hybridized carbons (Fsp3) is 0.538. The predicted octanol–water partition coefficient (Wildman–Crippen LogP) is 2.01. The van der Waals surface area contributed by atoms with E-state index in [1.54, 1.807) is 0 Å². The van der Waals surface area contributed by atoms with Crippen LogP contribution in [0.2, 0.25) is 0 Å². The van der Waals surface area contributed by atoms with Crippen molar-refractivity contribution in [3.63, 3.8) is 0 Å². The number of imidazole rings is 1. The Hall–Kier alpha value is -1.42. The number of rotatable bonds is 2. The lowest BCUT2D eigenvalue weighted by Gasteiger charge is -2.15. The molecule has 4 heteroatoms. The summed E-state index contributed by atoms with van der Waals surface area (Å²) < 4.78 is 2.32. The average molecular weight is 230 g/mol. The molecule has 3 rings (SSSR count). The zero-order valence-corrected chi connectivity index (χ0v) is 10.4. The first-order valence-corrected chi connectivity index (χ1v) is 6.29. The number of pyridine rings is 1. The van der Waals surface area contributed by atoms with E-state index in [4.69, 9.17) is 0 Å². The molecule has 2 aromatic heterocycles. The maximum Gasteiger partial charge on any atom is 0.107 e. The Morgan fingerprint density at radius 3 is 3.06 bits per heavy atom. The van der Waals surface area contributed by atoms with Gasteiger partial charge in [0.15, 0.2) is 0 Å². The quantitative estimate of drug-likeness (QED) is 0.791. The molecule has 0 radical (unpaired) electrons. The molecule has 0 amide bonds. The average Bonchev–Trinajstić information content (AvgIpc) is 2.93. The molecule has 0 N–H and O–H groups in total. The molecule has 1 fully saturated rings. The summed E-state index contributed by atoms with van der Waals surface area (Å²) in [5.41, 5.74) is 3.29. The van der Waals surface area contributed by atoms with E-state index in [9.17, 15) is 0 Å². The fourth-order valence-corrected chi connectivity index (χ4v) is 2.65. The van der Waals surface area contributed by atoms with Crippen molar-refractivity contribution in [3.05, 3.63) is 24.3 Å². The van der Waals surface area contributed by atoms with Gasteiger partial charge in [0, 0.05) is 24.8 Å². The number of aryl methyl sites for hydroxylation is 1. The van der Waals surface area contributed by atoms with Crippen molar-refractivity contribution >= 4 is 11.0 Å². The lowest BCUT2D eigenvalue weighted by molar-refractivity contribution is 0.342. The molecular formula is C13H18N4. The van der Waals surface area contributed by atoms with Crippen LogP contribution in [-0.2, 0) is 0 Å². The van der Waals surface area contributed by atoms with Gasteiger partial charge in [-0.05, 0) is 26.0 Å². The first-order chi connectivity index (χ1) is 8.28. The second kappa shape index (κ2) is 4.11. The van der Waals surface area contributed by atoms with Gasteiger partial charge >= 0.3 is 0 Å². The highest BCUT2D eigenvalue weighted by atomic mass is 15.2. The maximum absolute atomic E-state index is 4.44. The Balaban J connectivity index is 1.98. The van der Waals surface area contributed by atoms with Gasteiger partial charge in [0.1, 0.15) is 5.52 Å². The Morgan fingerprint density at radius 2 is 2.29 bits per heavy atom. The normalized spacial score (nSPS) is 21.4. The second-order valence-corrected chi connectivity index (χ2v) is 4.80. The molecule has 2 aromatic rings. The van der Waals surface area contributed by atoms with E-state index in [0.717, 1.165) is 24.3 Å². The van der Waals surface area contributed by atoms with Crippen LogP contribution in [0.4, 0.5) is 0 Å². The van der Waals surface area contributed by atoms with Crippen molar-refractivity contribution in [1.29, 1.82) is 0 Å². The fourth-order valence-electron chi connectivity index (χ4n) is 2.65. The second-order valence-electron chi connectivity index (χ2n) is 4.80. The summed E-state index contributed by atoms with van der Waals surface area (Å²) in [5.74, 6) is 0. The van der Waals surface area contributed by atoms with Crippen LogP contribution in [0.3, 0.4) is 0 Å². The minimum Gasteiger partial charge on any atom is -0.326 e. The molecule has 1 aliphatic rings. The largest absolute Gasteiger partial charge is 0.326 e. The number of hydrogen-bond donors (Lipinski definition) is 0. The molecule has 0 saturated carbocycles. The predicted molar refractivity (Wildman–Crippen MR) is 68.0 cm³/mol. The summed E-state index contributed by atoms with van der Waals surface area (Å²) in [6.45, 7) is 7.74. The molecule has 17 heavy (non-hydrogen) atoms. The van der Waals surface area contributed by atoms with Crippen LogP contribution in [0.25, 0.3) is 11.0 Å². The van der Waals surface area contributed by atoms with Gasteiger partial charge in [-0.1, -0.05) is 6.92 Å². The molecule has 0 aliphatic carbocycles. The number of hydrogen-bond acceptors (Lipinski definition) is 3. The van der Waals surface area contributed by atoms with Crippen molar-refractivity contribution in [3.8, 4) is 0 Å². The molecule has 0 spiro atoms. The van der Waals surface area contributed by atoms with E-state index >= 15 is 0 Å². The van der Waals surface area contributed by atoms with Gasteiger partial charge in [0.2, 0.25) is 0 Å². The van der Waals surface area contributed by atoms with Crippen molar-refractivity contribution in [2.24, 2.45) is 0 Å². The Bertz CT molecular complexity index is 531. The number of nitrogens with zero attached hydrogens (tertiary/aromatic N) is 4. The van der Waals surface area contributed by atoms with E-state index in [1.807, 2.05) is 19.4 Å². The molecule has 3 heterocycles. The van der Waals surface area contributed by atoms with Crippen molar-refractivity contribution < 1.29 is 0 Å². The van der Waals surface area contributed by atoms with Crippen LogP contribution >= 0.6 is 0 Å². The molecule has 0 unspecified atom stereocenters. The minimum absolute atomic E-state index is 0.571. The van der Waals surface area contributed by atoms with Crippen LogP contribution in [0, 0.1) is 6.92 Å². The first kappa shape index (κ1) is 10.7. The molecule has 90 valence electrons. The molecule has 4 nitrogen and oxygen atoms in total. The number of aromatic nitrogens is 3. The van der Waals surface area contributed by atoms with Gasteiger partial charge in [-0.2, -0.15) is 0 Å². The van der Waals surface area contributed by atoms with Crippen LogP contribution in [-0.4, -0.2) is 39.1 Å². The van der Waals surface area contributed by atoms with E-state index in [1.165, 1.54) is 18.5 Å². The maximum atomic E-state index is 4.44. The monoisotopic (exact) mass is 230 g/mol. The Kier molecular flexibility index (Phi) is 2.59. The van der Waals surface area contributed by atoms with Gasteiger partial charge in [-0.25, -0.2) is 4.98 Å². The molecule has 1 saturated heterocycles. The highest BCUT2D eigenvalue weighted by molar-refractivity contribution is 5.74. The lowest BCUT2D eigenvalue weighted by atomic mass is 10.2. The molecule has 0 aromatic carbocycles. The number of likely N-dealkylation sites (N-methyl/N-ethyl adjacent to an activating group) is 1. The van der Waals surface area contributed by atoms with Gasteiger partial charge in [-0.3, -0.25) is 4.98 Å². The van der Waals surface area contributed by atoms with Gasteiger partial charge < -0.3 is 9.47 Å². The van der Waals surface area contributed by atoms with Crippen molar-refractivity contribution in [2.75, 3.05) is 19.6 Å². The van der Waals surface area contributed by atoms with Gasteiger partial charge in [0.25, 0.3) is 0 Å². The highest BCUT2D eigenvalue weighted by Crippen LogP contribution is 2.25. The van der Waals surface area contributed by atoms with Gasteiger partial charge in [-0.15, -0.1) is 0 Å². The number of likely N-dealkylation sites (tertiary alicyclic amines) is 1. The number of fused-ring (bicyclic) bond motifs is 1. The summed E-state index contributed by atoms with van der Waals surface area (Å²) in [6.07, 6.45) is 5.06. The smallest absolute Gasteiger partial charge is 0.107 e. The molecule has 0 bridgehead atoms. The summed E-state index contributed by atoms with van der Waals surface area (Å²) in [6, 6.07) is 2.71. The molecule has 1 aliphatic heterocycles. The summed E-state index contributed by atoms with van der Waals surface area (Å²) >= 11 is 0. The van der Waals surface area contributed by atoms with E-state index in [-0.39, 0.29) is 0 Å². The van der Waals surface area contributed by atoms with Crippen LogP contribution < -0.4 is 0 Å². The van der Waals surface area contributed by atoms with Crippen molar-refractivity contribution in [1.82, 2.24) is 19.4 Å². The third-order valence-electron chi connectivity index (χ3n) is 3.69. The third-order valence-corrected chi connectivity index (χ3v) is 3.69. The summed E-state index contributed by atoms with van der Waals surface area (Å²) in [4.78, 5) is 11.2. The SMILES string of the molecule is CCN1CC[C@H](n2cnc3cnc(C)cc32)C1. The zero-order valence-electron chi connectivity index (χ0n) is 10.4. The summed E-state index contributed by atoms with van der Waals surface area (Å²) in [5, 5.41) is 0. The van der Waals surface area contributed by atoms with Crippen LogP contribution in [0.15, 0.2) is 18.6 Å². The first-order valence-electron chi connectivity index (χ1n) is 6.29. The van der Waals surface area contributed by atoms with E-state index < -0.39 is 0 Å². The van der Waals surface area contributed by atoms with Crippen LogP contribution in [0.1, 0.15) is 25.1 Å². The summed E-state index contributed by atoms with van der Waals surface area (Å²) in [7, 11) is 0. The molecule has 1 atom stereocenters.